The molecule has 1 aromatic rings. The SMILES string of the molecule is CCOC(=O)[C@H](O)c1ccc(Cl)cc1. The number of benzene rings is 1. The van der Waals surface area contributed by atoms with Gasteiger partial charge in [0.2, 0.25) is 0 Å². The molecule has 0 aliphatic heterocycles. The van der Waals surface area contributed by atoms with Gasteiger partial charge in [-0.15, -0.1) is 0 Å². The van der Waals surface area contributed by atoms with Crippen molar-refractivity contribution in [3.05, 3.63) is 34.9 Å². The smallest absolute Gasteiger partial charge is 0.339 e. The number of rotatable bonds is 3. The molecule has 0 saturated carbocycles. The van der Waals surface area contributed by atoms with Crippen LogP contribution < -0.4 is 0 Å². The van der Waals surface area contributed by atoms with Gasteiger partial charge < -0.3 is 9.84 Å². The fourth-order valence-electron chi connectivity index (χ4n) is 1.00. The molecule has 0 unspecified atom stereocenters. The molecule has 0 fully saturated rings. The molecule has 0 aliphatic carbocycles. The van der Waals surface area contributed by atoms with Crippen molar-refractivity contribution in [1.82, 2.24) is 0 Å². The van der Waals surface area contributed by atoms with Gasteiger partial charge >= 0.3 is 5.97 Å². The third-order valence-corrected chi connectivity index (χ3v) is 1.95. The van der Waals surface area contributed by atoms with E-state index in [1.54, 1.807) is 31.2 Å². The molecule has 0 amide bonds. The van der Waals surface area contributed by atoms with E-state index in [1.165, 1.54) is 0 Å². The van der Waals surface area contributed by atoms with Crippen molar-refractivity contribution in [2.45, 2.75) is 13.0 Å². The lowest BCUT2D eigenvalue weighted by atomic mass is 10.1. The van der Waals surface area contributed by atoms with Gasteiger partial charge in [-0.05, 0) is 24.6 Å². The first kappa shape index (κ1) is 11.0. The molecule has 0 spiro atoms. The molecule has 0 aliphatic rings. The summed E-state index contributed by atoms with van der Waals surface area (Å²) in [5, 5.41) is 10.1. The molecule has 0 bridgehead atoms. The van der Waals surface area contributed by atoms with Crippen LogP contribution in [0.2, 0.25) is 5.02 Å². The van der Waals surface area contributed by atoms with Crippen LogP contribution in [0.15, 0.2) is 24.3 Å². The lowest BCUT2D eigenvalue weighted by molar-refractivity contribution is -0.153. The van der Waals surface area contributed by atoms with E-state index in [0.717, 1.165) is 0 Å². The summed E-state index contributed by atoms with van der Waals surface area (Å²) in [7, 11) is 0. The number of aliphatic hydroxyl groups is 1. The third kappa shape index (κ3) is 2.72. The Bertz CT molecular complexity index is 308. The van der Waals surface area contributed by atoms with Crippen LogP contribution in [0.3, 0.4) is 0 Å². The van der Waals surface area contributed by atoms with Crippen molar-refractivity contribution in [2.24, 2.45) is 0 Å². The molecule has 3 nitrogen and oxygen atoms in total. The van der Waals surface area contributed by atoms with Gasteiger partial charge in [-0.2, -0.15) is 0 Å². The minimum atomic E-state index is -1.23. The van der Waals surface area contributed by atoms with Crippen LogP contribution in [0.1, 0.15) is 18.6 Å². The lowest BCUT2D eigenvalue weighted by Crippen LogP contribution is -2.15. The van der Waals surface area contributed by atoms with Crippen molar-refractivity contribution in [2.75, 3.05) is 6.61 Å². The first-order valence-corrected chi connectivity index (χ1v) is 4.63. The van der Waals surface area contributed by atoms with E-state index >= 15 is 0 Å². The number of hydrogen-bond donors (Lipinski definition) is 1. The van der Waals surface area contributed by atoms with Crippen molar-refractivity contribution >= 4 is 17.6 Å². The Hall–Kier alpha value is -1.06. The summed E-state index contributed by atoms with van der Waals surface area (Å²) in [4.78, 5) is 11.1. The molecular weight excluding hydrogens is 204 g/mol. The minimum absolute atomic E-state index is 0.253. The highest BCUT2D eigenvalue weighted by atomic mass is 35.5. The number of esters is 1. The van der Waals surface area contributed by atoms with Gasteiger partial charge in [0.25, 0.3) is 0 Å². The molecule has 0 heterocycles. The second kappa shape index (κ2) is 4.98. The normalized spacial score (nSPS) is 12.2. The third-order valence-electron chi connectivity index (χ3n) is 1.70. The zero-order valence-electron chi connectivity index (χ0n) is 7.74. The van der Waals surface area contributed by atoms with Gasteiger partial charge in [0.15, 0.2) is 6.10 Å². The zero-order valence-corrected chi connectivity index (χ0v) is 8.49. The summed E-state index contributed by atoms with van der Waals surface area (Å²) in [5.74, 6) is -0.644. The van der Waals surface area contributed by atoms with Crippen LogP contribution in [0.25, 0.3) is 0 Å². The number of carbonyl (C=O) groups is 1. The largest absolute Gasteiger partial charge is 0.464 e. The topological polar surface area (TPSA) is 46.5 Å². The van der Waals surface area contributed by atoms with E-state index in [2.05, 4.69) is 4.74 Å². The Kier molecular flexibility index (Phi) is 3.92. The average molecular weight is 215 g/mol. The van der Waals surface area contributed by atoms with E-state index in [-0.39, 0.29) is 6.61 Å². The van der Waals surface area contributed by atoms with Crippen molar-refractivity contribution in [1.29, 1.82) is 0 Å². The van der Waals surface area contributed by atoms with Gasteiger partial charge in [-0.1, -0.05) is 23.7 Å². The van der Waals surface area contributed by atoms with Crippen LogP contribution in [0.4, 0.5) is 0 Å². The summed E-state index contributed by atoms with van der Waals surface area (Å²) in [6.45, 7) is 1.94. The second-order valence-corrected chi connectivity index (χ2v) is 3.14. The molecule has 1 N–H and O–H groups in total. The van der Waals surface area contributed by atoms with E-state index in [1.807, 2.05) is 0 Å². The Balaban J connectivity index is 2.73. The highest BCUT2D eigenvalue weighted by molar-refractivity contribution is 6.30. The summed E-state index contributed by atoms with van der Waals surface area (Å²) >= 11 is 5.66. The first-order chi connectivity index (χ1) is 6.65. The number of halogens is 1. The van der Waals surface area contributed by atoms with Gasteiger partial charge in [-0.25, -0.2) is 4.79 Å². The van der Waals surface area contributed by atoms with Crippen LogP contribution in [-0.2, 0) is 9.53 Å². The summed E-state index contributed by atoms with van der Waals surface area (Å²) in [6.07, 6.45) is -1.23. The maximum Gasteiger partial charge on any atom is 0.339 e. The Morgan fingerprint density at radius 3 is 2.57 bits per heavy atom. The van der Waals surface area contributed by atoms with E-state index in [0.29, 0.717) is 10.6 Å². The molecule has 0 aromatic heterocycles. The van der Waals surface area contributed by atoms with Crippen molar-refractivity contribution in [3.8, 4) is 0 Å². The second-order valence-electron chi connectivity index (χ2n) is 2.71. The van der Waals surface area contributed by atoms with Crippen LogP contribution >= 0.6 is 11.6 Å². The van der Waals surface area contributed by atoms with E-state index < -0.39 is 12.1 Å². The van der Waals surface area contributed by atoms with Gasteiger partial charge in [0.1, 0.15) is 0 Å². The summed E-state index contributed by atoms with van der Waals surface area (Å²) in [6, 6.07) is 6.40. The summed E-state index contributed by atoms with van der Waals surface area (Å²) in [5.41, 5.74) is 0.479. The van der Waals surface area contributed by atoms with Crippen molar-refractivity contribution in [3.63, 3.8) is 0 Å². The molecular formula is C10H11ClO3. The zero-order chi connectivity index (χ0) is 10.6. The maximum atomic E-state index is 11.1. The monoisotopic (exact) mass is 214 g/mol. The van der Waals surface area contributed by atoms with E-state index in [9.17, 15) is 9.90 Å². The summed E-state index contributed by atoms with van der Waals surface area (Å²) < 4.78 is 4.67. The Morgan fingerprint density at radius 2 is 2.07 bits per heavy atom. The van der Waals surface area contributed by atoms with Crippen LogP contribution in [-0.4, -0.2) is 17.7 Å². The highest BCUT2D eigenvalue weighted by Gasteiger charge is 2.17. The predicted molar refractivity (Wildman–Crippen MR) is 53.0 cm³/mol. The van der Waals surface area contributed by atoms with Gasteiger partial charge in [0.05, 0.1) is 6.61 Å². The number of carbonyl (C=O) groups excluding carboxylic acids is 1. The van der Waals surface area contributed by atoms with Gasteiger partial charge in [0, 0.05) is 5.02 Å². The Morgan fingerprint density at radius 1 is 1.50 bits per heavy atom. The average Bonchev–Trinajstić information content (AvgIpc) is 2.18. The fraction of sp³-hybridized carbons (Fsp3) is 0.300. The highest BCUT2D eigenvalue weighted by Crippen LogP contribution is 2.17. The van der Waals surface area contributed by atoms with E-state index in [4.69, 9.17) is 11.6 Å². The molecule has 1 atom stereocenters. The molecule has 0 saturated heterocycles. The molecule has 1 rings (SSSR count). The fourth-order valence-corrected chi connectivity index (χ4v) is 1.13. The van der Waals surface area contributed by atoms with Crippen molar-refractivity contribution < 1.29 is 14.6 Å². The molecule has 4 heteroatoms. The lowest BCUT2D eigenvalue weighted by Gasteiger charge is -2.09. The molecule has 14 heavy (non-hydrogen) atoms. The van der Waals surface area contributed by atoms with Crippen LogP contribution in [0.5, 0.6) is 0 Å². The Labute approximate surface area is 87.3 Å². The maximum absolute atomic E-state index is 11.1. The first-order valence-electron chi connectivity index (χ1n) is 4.25. The molecule has 0 radical (unpaired) electrons. The number of hydrogen-bond acceptors (Lipinski definition) is 3. The number of ether oxygens (including phenoxy) is 1. The molecule has 1 aromatic carbocycles. The quantitative estimate of drug-likeness (QED) is 0.783. The minimum Gasteiger partial charge on any atom is -0.464 e. The van der Waals surface area contributed by atoms with Crippen LogP contribution in [0, 0.1) is 0 Å². The standard InChI is InChI=1S/C10H11ClO3/c1-2-14-10(13)9(12)7-3-5-8(11)6-4-7/h3-6,9,12H,2H2,1H3/t9-/m1/s1. The van der Waals surface area contributed by atoms with Gasteiger partial charge in [-0.3, -0.25) is 0 Å². The number of aliphatic hydroxyl groups excluding tert-OH is 1. The molecule has 76 valence electrons. The predicted octanol–water partition coefficient (Wildman–Crippen LogP) is 1.94.